The second kappa shape index (κ2) is 6.98. The highest BCUT2D eigenvalue weighted by Gasteiger charge is 2.20. The van der Waals surface area contributed by atoms with E-state index in [4.69, 9.17) is 4.74 Å². The zero-order valence-electron chi connectivity index (χ0n) is 13.9. The SMILES string of the molecule is COc1ccc2cc(I)ccc2c1-c1c(S(=O)O)ccc2ccccc12. The summed E-state index contributed by atoms with van der Waals surface area (Å²) in [7, 11) is 1.62. The van der Waals surface area contributed by atoms with Gasteiger partial charge >= 0.3 is 0 Å². The van der Waals surface area contributed by atoms with Gasteiger partial charge in [0.1, 0.15) is 5.75 Å². The first kappa shape index (κ1) is 17.5. The number of fused-ring (bicyclic) bond motifs is 2. The molecule has 4 aromatic rings. The Balaban J connectivity index is 2.23. The van der Waals surface area contributed by atoms with E-state index in [1.165, 1.54) is 0 Å². The van der Waals surface area contributed by atoms with E-state index in [0.717, 1.165) is 36.2 Å². The summed E-state index contributed by atoms with van der Waals surface area (Å²) in [6.07, 6.45) is 0. The highest BCUT2D eigenvalue weighted by atomic mass is 127. The van der Waals surface area contributed by atoms with Crippen molar-refractivity contribution >= 4 is 55.2 Å². The van der Waals surface area contributed by atoms with Crippen LogP contribution in [0.15, 0.2) is 71.6 Å². The molecule has 1 atom stereocenters. The molecule has 0 aliphatic rings. The number of hydrogen-bond acceptors (Lipinski definition) is 2. The molecule has 0 aliphatic carbocycles. The Labute approximate surface area is 167 Å². The molecule has 3 nitrogen and oxygen atoms in total. The molecule has 0 saturated carbocycles. The maximum absolute atomic E-state index is 12.1. The summed E-state index contributed by atoms with van der Waals surface area (Å²) < 4.78 is 28.8. The molecule has 4 aromatic carbocycles. The molecule has 130 valence electrons. The third kappa shape index (κ3) is 2.90. The number of rotatable bonds is 3. The summed E-state index contributed by atoms with van der Waals surface area (Å²) in [5.41, 5.74) is 1.59. The maximum Gasteiger partial charge on any atom is 0.187 e. The molecule has 1 N–H and O–H groups in total. The van der Waals surface area contributed by atoms with Crippen LogP contribution in [-0.4, -0.2) is 15.9 Å². The standard InChI is InChI=1S/C21H15IO3S/c1-25-18-10-6-14-12-15(22)8-9-17(14)20(18)21-16-5-3-2-4-13(16)7-11-19(21)26(23)24/h2-12H,1H3,(H,23,24). The fourth-order valence-electron chi connectivity index (χ4n) is 3.36. The molecule has 0 aromatic heterocycles. The van der Waals surface area contributed by atoms with Crippen LogP contribution >= 0.6 is 22.6 Å². The minimum Gasteiger partial charge on any atom is -0.496 e. The third-order valence-corrected chi connectivity index (χ3v) is 5.88. The van der Waals surface area contributed by atoms with Crippen LogP contribution in [0.2, 0.25) is 0 Å². The van der Waals surface area contributed by atoms with Crippen LogP contribution in [0.3, 0.4) is 0 Å². The summed E-state index contributed by atoms with van der Waals surface area (Å²) in [4.78, 5) is 0.382. The van der Waals surface area contributed by atoms with Crippen LogP contribution in [-0.2, 0) is 11.1 Å². The average Bonchev–Trinajstić information content (AvgIpc) is 2.66. The van der Waals surface area contributed by atoms with Crippen LogP contribution in [0.4, 0.5) is 0 Å². The lowest BCUT2D eigenvalue weighted by Crippen LogP contribution is -1.97. The Bertz CT molecular complexity index is 1170. The molecule has 0 radical (unpaired) electrons. The van der Waals surface area contributed by atoms with E-state index in [9.17, 15) is 8.76 Å². The van der Waals surface area contributed by atoms with Gasteiger partial charge in [-0.15, -0.1) is 0 Å². The van der Waals surface area contributed by atoms with Crippen molar-refractivity contribution in [3.8, 4) is 16.9 Å². The molecule has 5 heteroatoms. The van der Waals surface area contributed by atoms with Gasteiger partial charge in [-0.05, 0) is 68.4 Å². The largest absolute Gasteiger partial charge is 0.496 e. The van der Waals surface area contributed by atoms with Crippen molar-refractivity contribution in [3.05, 3.63) is 70.3 Å². The van der Waals surface area contributed by atoms with Gasteiger partial charge in [0.25, 0.3) is 0 Å². The van der Waals surface area contributed by atoms with Crippen LogP contribution in [0, 0.1) is 3.57 Å². The summed E-state index contributed by atoms with van der Waals surface area (Å²) in [5, 5.41) is 4.00. The first-order valence-electron chi connectivity index (χ1n) is 7.99. The molecule has 0 spiro atoms. The Morgan fingerprint density at radius 3 is 2.38 bits per heavy atom. The normalized spacial score (nSPS) is 12.4. The summed E-state index contributed by atoms with van der Waals surface area (Å²) in [6.45, 7) is 0. The third-order valence-electron chi connectivity index (χ3n) is 4.49. The molecule has 1 unspecified atom stereocenters. The van der Waals surface area contributed by atoms with Gasteiger partial charge in [-0.25, -0.2) is 4.21 Å². The van der Waals surface area contributed by atoms with Crippen molar-refractivity contribution in [2.24, 2.45) is 0 Å². The van der Waals surface area contributed by atoms with Gasteiger partial charge in [0, 0.05) is 14.7 Å². The van der Waals surface area contributed by atoms with E-state index >= 15 is 0 Å². The average molecular weight is 474 g/mol. The monoisotopic (exact) mass is 474 g/mol. The summed E-state index contributed by atoms with van der Waals surface area (Å²) in [6, 6.07) is 21.6. The predicted octanol–water partition coefficient (Wildman–Crippen LogP) is 5.85. The summed E-state index contributed by atoms with van der Waals surface area (Å²) in [5.74, 6) is 0.682. The molecule has 0 amide bonds. The van der Waals surface area contributed by atoms with Gasteiger partial charge in [0.05, 0.1) is 12.0 Å². The molecule has 0 bridgehead atoms. The van der Waals surface area contributed by atoms with Crippen LogP contribution in [0.5, 0.6) is 5.75 Å². The lowest BCUT2D eigenvalue weighted by molar-refractivity contribution is 0.417. The Morgan fingerprint density at radius 1 is 0.885 bits per heavy atom. The molecule has 0 heterocycles. The lowest BCUT2D eigenvalue weighted by Gasteiger charge is -2.17. The second-order valence-corrected chi connectivity index (χ2v) is 8.10. The van der Waals surface area contributed by atoms with Crippen molar-refractivity contribution < 1.29 is 13.5 Å². The van der Waals surface area contributed by atoms with Gasteiger partial charge < -0.3 is 9.29 Å². The Morgan fingerprint density at radius 2 is 1.62 bits per heavy atom. The van der Waals surface area contributed by atoms with Crippen molar-refractivity contribution in [3.63, 3.8) is 0 Å². The molecular weight excluding hydrogens is 459 g/mol. The van der Waals surface area contributed by atoms with Gasteiger partial charge in [-0.2, -0.15) is 0 Å². The highest BCUT2D eigenvalue weighted by Crippen LogP contribution is 2.43. The first-order chi connectivity index (χ1) is 12.6. The second-order valence-electron chi connectivity index (χ2n) is 5.92. The summed E-state index contributed by atoms with van der Waals surface area (Å²) >= 11 is 0.172. The highest BCUT2D eigenvalue weighted by molar-refractivity contribution is 14.1. The van der Waals surface area contributed by atoms with Crippen LogP contribution < -0.4 is 4.74 Å². The van der Waals surface area contributed by atoms with Crippen molar-refractivity contribution in [2.45, 2.75) is 4.90 Å². The predicted molar refractivity (Wildman–Crippen MR) is 115 cm³/mol. The molecule has 0 aliphatic heterocycles. The van der Waals surface area contributed by atoms with Crippen LogP contribution in [0.25, 0.3) is 32.7 Å². The van der Waals surface area contributed by atoms with Gasteiger partial charge in [-0.1, -0.05) is 42.5 Å². The molecule has 0 saturated heterocycles. The van der Waals surface area contributed by atoms with E-state index < -0.39 is 11.1 Å². The molecule has 26 heavy (non-hydrogen) atoms. The van der Waals surface area contributed by atoms with Crippen LogP contribution in [0.1, 0.15) is 0 Å². The van der Waals surface area contributed by atoms with E-state index in [1.807, 2.05) is 54.6 Å². The lowest BCUT2D eigenvalue weighted by atomic mass is 9.93. The van der Waals surface area contributed by atoms with Gasteiger partial charge in [0.15, 0.2) is 11.1 Å². The van der Waals surface area contributed by atoms with Crippen molar-refractivity contribution in [1.82, 2.24) is 0 Å². The molecule has 4 rings (SSSR count). The number of methoxy groups -OCH3 is 1. The topological polar surface area (TPSA) is 46.5 Å². The van der Waals surface area contributed by atoms with E-state index in [1.54, 1.807) is 13.2 Å². The zero-order chi connectivity index (χ0) is 18.3. The van der Waals surface area contributed by atoms with Crippen molar-refractivity contribution in [1.29, 1.82) is 0 Å². The smallest absolute Gasteiger partial charge is 0.187 e. The fraction of sp³-hybridized carbons (Fsp3) is 0.0476. The zero-order valence-corrected chi connectivity index (χ0v) is 16.9. The Kier molecular flexibility index (Phi) is 4.69. The maximum atomic E-state index is 12.1. The molecular formula is C21H15IO3S. The number of ether oxygens (including phenoxy) is 1. The molecule has 0 fully saturated rings. The first-order valence-corrected chi connectivity index (χ1v) is 10.2. The number of halogens is 1. The minimum atomic E-state index is -2.11. The Hall–Kier alpha value is -1.96. The van der Waals surface area contributed by atoms with Gasteiger partial charge in [0.2, 0.25) is 0 Å². The van der Waals surface area contributed by atoms with E-state index in [0.29, 0.717) is 10.6 Å². The van der Waals surface area contributed by atoms with Crippen molar-refractivity contribution in [2.75, 3.05) is 7.11 Å². The van der Waals surface area contributed by atoms with E-state index in [-0.39, 0.29) is 0 Å². The quantitative estimate of drug-likeness (QED) is 0.299. The number of benzene rings is 4. The minimum absolute atomic E-state index is 0.382. The van der Waals surface area contributed by atoms with E-state index in [2.05, 4.69) is 28.7 Å². The number of hydrogen-bond donors (Lipinski definition) is 1. The fourth-order valence-corrected chi connectivity index (χ4v) is 4.45. The van der Waals surface area contributed by atoms with Gasteiger partial charge in [-0.3, -0.25) is 0 Å².